The minimum absolute atomic E-state index is 0.0426. The summed E-state index contributed by atoms with van der Waals surface area (Å²) in [5, 5.41) is 20.9. The molecule has 2 aromatic heterocycles. The zero-order chi connectivity index (χ0) is 23.2. The monoisotopic (exact) mass is 455 g/mol. The number of para-hydroxylation sites is 2. The van der Waals surface area contributed by atoms with Crippen molar-refractivity contribution in [2.24, 2.45) is 5.92 Å². The highest BCUT2D eigenvalue weighted by Crippen LogP contribution is 2.27. The number of methoxy groups -OCH3 is 1. The fourth-order valence-corrected chi connectivity index (χ4v) is 4.44. The van der Waals surface area contributed by atoms with Crippen molar-refractivity contribution in [3.05, 3.63) is 36.4 Å². The van der Waals surface area contributed by atoms with Crippen molar-refractivity contribution in [2.75, 3.05) is 33.4 Å². The predicted molar refractivity (Wildman–Crippen MR) is 119 cm³/mol. The number of benzene rings is 1. The van der Waals surface area contributed by atoms with Crippen molar-refractivity contribution in [3.8, 4) is 0 Å². The number of aliphatic carboxylic acids is 1. The molecule has 1 aliphatic rings. The number of fused-ring (bicyclic) bond motifs is 1. The van der Waals surface area contributed by atoms with Gasteiger partial charge >= 0.3 is 5.97 Å². The second kappa shape index (κ2) is 10.6. The van der Waals surface area contributed by atoms with E-state index in [1.165, 1.54) is 11.7 Å². The molecule has 3 aromatic rings. The number of aryl methyl sites for hydroxylation is 1. The largest absolute Gasteiger partial charge is 0.480 e. The lowest BCUT2D eigenvalue weighted by atomic mass is 9.91. The number of carboxylic acid groups (broad SMARTS) is 1. The minimum atomic E-state index is -1.05. The normalized spacial score (nSPS) is 16.3. The summed E-state index contributed by atoms with van der Waals surface area (Å²) >= 11 is 0. The summed E-state index contributed by atoms with van der Waals surface area (Å²) < 4.78 is 8.41. The highest BCUT2D eigenvalue weighted by atomic mass is 16.5. The van der Waals surface area contributed by atoms with E-state index in [4.69, 9.17) is 4.74 Å². The van der Waals surface area contributed by atoms with E-state index in [0.29, 0.717) is 11.0 Å². The van der Waals surface area contributed by atoms with Gasteiger partial charge in [0.25, 0.3) is 0 Å². The number of carbonyl (C=O) groups is 2. The van der Waals surface area contributed by atoms with Gasteiger partial charge in [-0.15, -0.1) is 5.10 Å². The van der Waals surface area contributed by atoms with Crippen LogP contribution in [0.15, 0.2) is 30.6 Å². The van der Waals surface area contributed by atoms with Gasteiger partial charge in [-0.1, -0.05) is 12.1 Å². The molecule has 3 heterocycles. The molecule has 4 rings (SSSR count). The number of Topliss-reactive ketones (excluding diaryl/α,β-unsaturated/α-hetero) is 1. The van der Waals surface area contributed by atoms with Gasteiger partial charge in [0.1, 0.15) is 6.33 Å². The molecule has 1 N–H and O–H groups in total. The van der Waals surface area contributed by atoms with Crippen LogP contribution in [0.1, 0.15) is 42.3 Å². The molecular weight excluding hydrogens is 426 g/mol. The molecule has 0 spiro atoms. The topological polar surface area (TPSA) is 128 Å². The molecular formula is C22H29N7O4. The third kappa shape index (κ3) is 5.25. The van der Waals surface area contributed by atoms with E-state index in [2.05, 4.69) is 25.4 Å². The minimum Gasteiger partial charge on any atom is -0.480 e. The van der Waals surface area contributed by atoms with Crippen LogP contribution in [0.2, 0.25) is 0 Å². The van der Waals surface area contributed by atoms with Gasteiger partial charge in [-0.25, -0.2) is 14.5 Å². The maximum absolute atomic E-state index is 13.5. The molecule has 0 aliphatic carbocycles. The first-order valence-electron chi connectivity index (χ1n) is 11.2. The molecule has 11 heteroatoms. The van der Waals surface area contributed by atoms with Gasteiger partial charge in [0, 0.05) is 19.6 Å². The molecule has 33 heavy (non-hydrogen) atoms. The van der Waals surface area contributed by atoms with E-state index in [9.17, 15) is 14.7 Å². The van der Waals surface area contributed by atoms with E-state index in [-0.39, 0.29) is 24.1 Å². The summed E-state index contributed by atoms with van der Waals surface area (Å²) in [5.41, 5.74) is 1.24. The Bertz CT molecular complexity index is 1070. The van der Waals surface area contributed by atoms with Gasteiger partial charge in [-0.2, -0.15) is 0 Å². The Kier molecular flexibility index (Phi) is 7.40. The number of likely N-dealkylation sites (tertiary alicyclic amines) is 1. The Morgan fingerprint density at radius 1 is 1.18 bits per heavy atom. The number of unbranched alkanes of at least 4 members (excludes halogenated alkanes) is 1. The van der Waals surface area contributed by atoms with Gasteiger partial charge in [0.05, 0.1) is 17.6 Å². The fraction of sp³-hybridized carbons (Fsp3) is 0.545. The Morgan fingerprint density at radius 3 is 2.64 bits per heavy atom. The van der Waals surface area contributed by atoms with Crippen LogP contribution >= 0.6 is 0 Å². The van der Waals surface area contributed by atoms with Gasteiger partial charge in [-0.3, -0.25) is 4.79 Å². The molecule has 1 aliphatic heterocycles. The summed E-state index contributed by atoms with van der Waals surface area (Å²) in [5.74, 6) is -1.10. The van der Waals surface area contributed by atoms with Crippen LogP contribution < -0.4 is 0 Å². The molecule has 176 valence electrons. The van der Waals surface area contributed by atoms with E-state index in [1.807, 2.05) is 12.1 Å². The average Bonchev–Trinajstić information content (AvgIpc) is 3.48. The number of carbonyl (C=O) groups excluding carboxylic acids is 1. The number of nitrogens with zero attached hydrogens (tertiary/aromatic N) is 7. The van der Waals surface area contributed by atoms with Gasteiger partial charge < -0.3 is 19.3 Å². The Hall–Kier alpha value is -3.18. The van der Waals surface area contributed by atoms with Crippen LogP contribution in [0.4, 0.5) is 0 Å². The molecule has 0 saturated carbocycles. The fourth-order valence-electron chi connectivity index (χ4n) is 4.44. The number of hydrogen-bond acceptors (Lipinski definition) is 8. The third-order valence-electron chi connectivity index (χ3n) is 6.20. The Labute approximate surface area is 191 Å². The molecule has 1 unspecified atom stereocenters. The number of rotatable bonds is 11. The highest BCUT2D eigenvalue weighted by molar-refractivity contribution is 5.99. The molecule has 1 fully saturated rings. The van der Waals surface area contributed by atoms with Gasteiger partial charge in [-0.05, 0) is 67.9 Å². The molecule has 1 atom stereocenters. The van der Waals surface area contributed by atoms with Crippen LogP contribution in [-0.2, 0) is 16.1 Å². The molecule has 1 saturated heterocycles. The van der Waals surface area contributed by atoms with E-state index < -0.39 is 12.0 Å². The number of ketones is 1. The smallest absolute Gasteiger partial charge is 0.329 e. The summed E-state index contributed by atoms with van der Waals surface area (Å²) in [6, 6.07) is 6.23. The Morgan fingerprint density at radius 2 is 1.94 bits per heavy atom. The lowest BCUT2D eigenvalue weighted by Gasteiger charge is -2.31. The predicted octanol–water partition coefficient (Wildman–Crippen LogP) is 1.67. The third-order valence-corrected chi connectivity index (χ3v) is 6.20. The number of hydrogen-bond donors (Lipinski definition) is 1. The number of carboxylic acids is 1. The van der Waals surface area contributed by atoms with Gasteiger partial charge in [0.15, 0.2) is 11.9 Å². The van der Waals surface area contributed by atoms with E-state index in [0.717, 1.165) is 51.9 Å². The van der Waals surface area contributed by atoms with Crippen molar-refractivity contribution in [3.63, 3.8) is 0 Å². The maximum Gasteiger partial charge on any atom is 0.329 e. The van der Waals surface area contributed by atoms with Crippen LogP contribution in [0, 0.1) is 5.92 Å². The second-order valence-electron chi connectivity index (χ2n) is 8.36. The standard InChI is InChI=1S/C22H29N7O4/c1-33-14-19(22(31)32)29-18-7-3-2-6-17(18)24-21(29)20(30)16-8-12-27(13-9-16)10-4-5-11-28-15-23-25-26-28/h2-3,6-7,15-16,19H,4-5,8-14H2,1H3,(H,31,32). The lowest BCUT2D eigenvalue weighted by molar-refractivity contribution is -0.142. The average molecular weight is 456 g/mol. The van der Waals surface area contributed by atoms with Crippen molar-refractivity contribution in [1.82, 2.24) is 34.7 Å². The van der Waals surface area contributed by atoms with Crippen molar-refractivity contribution < 1.29 is 19.4 Å². The zero-order valence-corrected chi connectivity index (χ0v) is 18.7. The molecule has 1 aromatic carbocycles. The first-order valence-corrected chi connectivity index (χ1v) is 11.2. The first-order chi connectivity index (χ1) is 16.1. The summed E-state index contributed by atoms with van der Waals surface area (Å²) in [6.07, 6.45) is 5.11. The molecule has 11 nitrogen and oxygen atoms in total. The van der Waals surface area contributed by atoms with Crippen molar-refractivity contribution >= 4 is 22.8 Å². The zero-order valence-electron chi connectivity index (χ0n) is 18.7. The first kappa shape index (κ1) is 23.0. The van der Waals surface area contributed by atoms with E-state index in [1.54, 1.807) is 23.1 Å². The quantitative estimate of drug-likeness (QED) is 0.339. The maximum atomic E-state index is 13.5. The Balaban J connectivity index is 1.40. The second-order valence-corrected chi connectivity index (χ2v) is 8.36. The molecule has 0 radical (unpaired) electrons. The van der Waals surface area contributed by atoms with Crippen LogP contribution in [0.25, 0.3) is 11.0 Å². The summed E-state index contributed by atoms with van der Waals surface area (Å²) in [7, 11) is 1.45. The highest BCUT2D eigenvalue weighted by Gasteiger charge is 2.33. The van der Waals surface area contributed by atoms with E-state index >= 15 is 0 Å². The van der Waals surface area contributed by atoms with Gasteiger partial charge in [0.2, 0.25) is 5.78 Å². The number of tetrazole rings is 1. The number of ether oxygens (including phenoxy) is 1. The molecule has 0 amide bonds. The van der Waals surface area contributed by atoms with Crippen molar-refractivity contribution in [2.45, 2.75) is 38.3 Å². The number of aromatic nitrogens is 6. The summed E-state index contributed by atoms with van der Waals surface area (Å²) in [4.78, 5) is 32.3. The SMILES string of the molecule is COCC(C(=O)O)n1c(C(=O)C2CCN(CCCCn3cnnn3)CC2)nc2ccccc21. The molecule has 0 bridgehead atoms. The van der Waals surface area contributed by atoms with Crippen molar-refractivity contribution in [1.29, 1.82) is 0 Å². The van der Waals surface area contributed by atoms with Crippen LogP contribution in [0.5, 0.6) is 0 Å². The van der Waals surface area contributed by atoms with Crippen LogP contribution in [-0.4, -0.2) is 84.9 Å². The van der Waals surface area contributed by atoms with Crippen LogP contribution in [0.3, 0.4) is 0 Å². The lowest BCUT2D eigenvalue weighted by Crippen LogP contribution is -2.38. The number of imidazole rings is 1. The summed E-state index contributed by atoms with van der Waals surface area (Å²) in [6.45, 7) is 3.39. The number of piperidine rings is 1.